The summed E-state index contributed by atoms with van der Waals surface area (Å²) in [5.41, 5.74) is 4.05. The average Bonchev–Trinajstić information content (AvgIpc) is 3.61. The molecule has 4 heterocycles. The first-order valence-electron chi connectivity index (χ1n) is 12.2. The van der Waals surface area contributed by atoms with Crippen molar-refractivity contribution in [2.45, 2.75) is 19.1 Å². The van der Waals surface area contributed by atoms with Gasteiger partial charge in [0.05, 0.1) is 24.5 Å². The van der Waals surface area contributed by atoms with E-state index in [4.69, 9.17) is 26.3 Å². The van der Waals surface area contributed by atoms with Crippen LogP contribution in [0.4, 0.5) is 10.6 Å². The zero-order valence-electron chi connectivity index (χ0n) is 21.3. The third-order valence-electron chi connectivity index (χ3n) is 6.30. The van der Waals surface area contributed by atoms with Gasteiger partial charge in [0.2, 0.25) is 0 Å². The molecule has 1 saturated heterocycles. The van der Waals surface area contributed by atoms with Gasteiger partial charge in [0.1, 0.15) is 22.8 Å². The Bertz CT molecular complexity index is 1410. The molecule has 4 aromatic rings. The van der Waals surface area contributed by atoms with Gasteiger partial charge in [-0.3, -0.25) is 14.8 Å². The van der Waals surface area contributed by atoms with Crippen LogP contribution in [0.15, 0.2) is 61.1 Å². The quantitative estimate of drug-likeness (QED) is 0.330. The average molecular weight is 537 g/mol. The number of aromatic nitrogens is 5. The lowest BCUT2D eigenvalue weighted by atomic mass is 10.0. The summed E-state index contributed by atoms with van der Waals surface area (Å²) in [6.07, 6.45) is 4.83. The van der Waals surface area contributed by atoms with Gasteiger partial charge in [-0.25, -0.2) is 14.5 Å². The third kappa shape index (κ3) is 5.55. The van der Waals surface area contributed by atoms with E-state index in [1.54, 1.807) is 40.0 Å². The van der Waals surface area contributed by atoms with Crippen molar-refractivity contribution in [3.05, 3.63) is 77.3 Å². The van der Waals surface area contributed by atoms with E-state index >= 15 is 0 Å². The Labute approximate surface area is 225 Å². The Balaban J connectivity index is 1.41. The van der Waals surface area contributed by atoms with Gasteiger partial charge >= 0.3 is 6.03 Å². The number of carbonyl (C=O) groups is 1. The summed E-state index contributed by atoms with van der Waals surface area (Å²) in [5, 5.41) is 17.3. The van der Waals surface area contributed by atoms with Crippen LogP contribution < -0.4 is 10.6 Å². The van der Waals surface area contributed by atoms with Crippen LogP contribution in [-0.4, -0.2) is 68.5 Å². The van der Waals surface area contributed by atoms with Gasteiger partial charge in [0.15, 0.2) is 0 Å². The minimum absolute atomic E-state index is 0.350. The number of nitrogens with zero attached hydrogens (tertiary/aromatic N) is 6. The highest BCUT2D eigenvalue weighted by Crippen LogP contribution is 2.32. The molecule has 0 unspecified atom stereocenters. The number of carbonyl (C=O) groups excluding carboxylic acids is 1. The molecule has 0 radical (unpaired) electrons. The van der Waals surface area contributed by atoms with Gasteiger partial charge < -0.3 is 10.1 Å². The molecule has 1 aliphatic rings. The lowest BCUT2D eigenvalue weighted by Gasteiger charge is -2.19. The fraction of sp³-hybridized carbons (Fsp3) is 0.308. The van der Waals surface area contributed by atoms with Crippen LogP contribution in [0.1, 0.15) is 17.2 Å². The molecule has 5 rings (SSSR count). The van der Waals surface area contributed by atoms with Crippen molar-refractivity contribution in [3.8, 4) is 16.9 Å². The molecule has 0 saturated carbocycles. The zero-order valence-corrected chi connectivity index (χ0v) is 22.1. The molecule has 198 valence electrons. The minimum atomic E-state index is -0.441. The number of amides is 2. The van der Waals surface area contributed by atoms with Crippen LogP contribution >= 0.6 is 11.6 Å². The number of benzene rings is 1. The van der Waals surface area contributed by atoms with Crippen LogP contribution in [0.5, 0.6) is 0 Å². The number of hydroxylamine groups is 2. The van der Waals surface area contributed by atoms with Crippen LogP contribution in [0, 0.1) is 6.92 Å². The predicted octanol–water partition coefficient (Wildman–Crippen LogP) is 3.75. The molecule has 38 heavy (non-hydrogen) atoms. The molecule has 0 aliphatic carbocycles. The van der Waals surface area contributed by atoms with Gasteiger partial charge in [-0.1, -0.05) is 29.8 Å². The van der Waals surface area contributed by atoms with E-state index in [0.717, 1.165) is 28.1 Å². The molecule has 12 heteroatoms. The molecule has 1 aromatic carbocycles. The Morgan fingerprint density at radius 3 is 2.79 bits per heavy atom. The molecule has 1 fully saturated rings. The number of ether oxygens (including phenoxy) is 1. The van der Waals surface area contributed by atoms with Crippen molar-refractivity contribution >= 4 is 23.4 Å². The number of pyridine rings is 1. The van der Waals surface area contributed by atoms with Crippen molar-refractivity contribution in [3.63, 3.8) is 0 Å². The highest BCUT2D eigenvalue weighted by atomic mass is 35.5. The molecule has 2 N–H and O–H groups in total. The Morgan fingerprint density at radius 2 is 2.08 bits per heavy atom. The Morgan fingerprint density at radius 1 is 1.26 bits per heavy atom. The molecule has 0 bridgehead atoms. The van der Waals surface area contributed by atoms with Gasteiger partial charge in [-0.05, 0) is 36.8 Å². The summed E-state index contributed by atoms with van der Waals surface area (Å²) >= 11 is 6.14. The number of halogens is 1. The molecule has 2 atom stereocenters. The van der Waals surface area contributed by atoms with E-state index in [9.17, 15) is 4.79 Å². The second kappa shape index (κ2) is 11.3. The van der Waals surface area contributed by atoms with Gasteiger partial charge in [-0.15, -0.1) is 0 Å². The molecule has 0 spiro atoms. The molecule has 3 aromatic heterocycles. The van der Waals surface area contributed by atoms with E-state index in [1.165, 1.54) is 0 Å². The van der Waals surface area contributed by atoms with E-state index in [1.807, 2.05) is 56.6 Å². The standard InChI is InChI=1S/C26H29ClN8O3/c1-17-23(19-14-29-33(2)15-19)32-35(20-7-5-4-6-8-20)25(17)31-26(36)30-21-16-34(11-12-37-3)38-24(21)18-9-10-28-22(27)13-18/h4-10,13-15,21,24H,11-12,16H2,1-3H3,(H2,30,31,36)/t21-,24+/m1/s1. The van der Waals surface area contributed by atoms with Crippen molar-refractivity contribution < 1.29 is 14.4 Å². The lowest BCUT2D eigenvalue weighted by Crippen LogP contribution is -2.42. The number of hydrogen-bond acceptors (Lipinski definition) is 7. The summed E-state index contributed by atoms with van der Waals surface area (Å²) in [5.74, 6) is 0.561. The normalized spacial score (nSPS) is 17.6. The van der Waals surface area contributed by atoms with E-state index in [2.05, 4.69) is 20.7 Å². The number of nitrogens with one attached hydrogen (secondary N) is 2. The van der Waals surface area contributed by atoms with Crippen LogP contribution in [-0.2, 0) is 16.6 Å². The summed E-state index contributed by atoms with van der Waals surface area (Å²) in [4.78, 5) is 23.6. The first-order chi connectivity index (χ1) is 18.4. The minimum Gasteiger partial charge on any atom is -0.383 e. The second-order valence-corrected chi connectivity index (χ2v) is 9.38. The van der Waals surface area contributed by atoms with Gasteiger partial charge in [0.25, 0.3) is 0 Å². The number of para-hydroxylation sites is 1. The third-order valence-corrected chi connectivity index (χ3v) is 6.51. The number of aryl methyl sites for hydroxylation is 1. The molecule has 11 nitrogen and oxygen atoms in total. The highest BCUT2D eigenvalue weighted by Gasteiger charge is 2.37. The number of rotatable bonds is 8. The molecule has 2 amide bonds. The predicted molar refractivity (Wildman–Crippen MR) is 143 cm³/mol. The van der Waals surface area contributed by atoms with E-state index in [0.29, 0.717) is 30.7 Å². The maximum absolute atomic E-state index is 13.4. The lowest BCUT2D eigenvalue weighted by molar-refractivity contribution is -0.154. The first-order valence-corrected chi connectivity index (χ1v) is 12.5. The fourth-order valence-corrected chi connectivity index (χ4v) is 4.65. The largest absolute Gasteiger partial charge is 0.383 e. The van der Waals surface area contributed by atoms with Crippen LogP contribution in [0.2, 0.25) is 5.15 Å². The maximum atomic E-state index is 13.4. The smallest absolute Gasteiger partial charge is 0.320 e. The topological polar surface area (TPSA) is 111 Å². The van der Waals surface area contributed by atoms with Gasteiger partial charge in [-0.2, -0.15) is 15.3 Å². The number of urea groups is 1. The van der Waals surface area contributed by atoms with E-state index < -0.39 is 6.10 Å². The van der Waals surface area contributed by atoms with Crippen LogP contribution in [0.25, 0.3) is 16.9 Å². The second-order valence-electron chi connectivity index (χ2n) is 9.00. The molecular formula is C26H29ClN8O3. The number of methoxy groups -OCH3 is 1. The fourth-order valence-electron chi connectivity index (χ4n) is 4.47. The monoisotopic (exact) mass is 536 g/mol. The molecular weight excluding hydrogens is 508 g/mol. The van der Waals surface area contributed by atoms with Crippen molar-refractivity contribution in [1.82, 2.24) is 34.9 Å². The van der Waals surface area contributed by atoms with Gasteiger partial charge in [0, 0.05) is 50.8 Å². The number of anilines is 1. The SMILES string of the molecule is COCCN1C[C@@H](NC(=O)Nc2c(C)c(-c3cnn(C)c3)nn2-c2ccccc2)[C@H](c2ccnc(Cl)c2)O1. The summed E-state index contributed by atoms with van der Waals surface area (Å²) in [6.45, 7) is 3.45. The zero-order chi connectivity index (χ0) is 26.6. The van der Waals surface area contributed by atoms with E-state index in [-0.39, 0.29) is 12.1 Å². The van der Waals surface area contributed by atoms with Crippen molar-refractivity contribution in [2.24, 2.45) is 7.05 Å². The Hall–Kier alpha value is -3.77. The summed E-state index contributed by atoms with van der Waals surface area (Å²) in [7, 11) is 3.49. The van der Waals surface area contributed by atoms with Crippen molar-refractivity contribution in [1.29, 1.82) is 0 Å². The molecule has 1 aliphatic heterocycles. The summed E-state index contributed by atoms with van der Waals surface area (Å²) in [6, 6.07) is 12.5. The van der Waals surface area contributed by atoms with Crippen LogP contribution in [0.3, 0.4) is 0 Å². The highest BCUT2D eigenvalue weighted by molar-refractivity contribution is 6.29. The number of hydrogen-bond donors (Lipinski definition) is 2. The summed E-state index contributed by atoms with van der Waals surface area (Å²) < 4.78 is 8.65. The first kappa shape index (κ1) is 25.9. The maximum Gasteiger partial charge on any atom is 0.320 e. The Kier molecular flexibility index (Phi) is 7.70. The van der Waals surface area contributed by atoms with Crippen molar-refractivity contribution in [2.75, 3.05) is 32.1 Å².